The Morgan fingerprint density at radius 1 is 1.50 bits per heavy atom. The summed E-state index contributed by atoms with van der Waals surface area (Å²) in [7, 11) is 0. The highest BCUT2D eigenvalue weighted by atomic mass is 16.6. The molecule has 16 heavy (non-hydrogen) atoms. The molecule has 0 atom stereocenters. The Kier molecular flexibility index (Phi) is 4.04. The first-order chi connectivity index (χ1) is 7.65. The molecule has 5 heteroatoms. The molecular formula is C11H10N2O3. The first-order valence-corrected chi connectivity index (χ1v) is 4.61. The van der Waals surface area contributed by atoms with E-state index in [4.69, 9.17) is 5.73 Å². The molecule has 1 rings (SSSR count). The van der Waals surface area contributed by atoms with E-state index < -0.39 is 4.92 Å². The molecule has 0 heterocycles. The first-order valence-electron chi connectivity index (χ1n) is 4.61. The van der Waals surface area contributed by atoms with Gasteiger partial charge in [0, 0.05) is 36.6 Å². The Morgan fingerprint density at radius 2 is 2.25 bits per heavy atom. The van der Waals surface area contributed by atoms with E-state index in [9.17, 15) is 14.9 Å². The standard InChI is InChI=1S/C11H10N2O3/c12-7-2-1-6-11(14)9-4-3-5-10(8-9)13(15)16/h3-5,8H,1,6,12H2. The van der Waals surface area contributed by atoms with Crippen LogP contribution in [0.3, 0.4) is 0 Å². The van der Waals surface area contributed by atoms with E-state index in [0.29, 0.717) is 12.0 Å². The van der Waals surface area contributed by atoms with Crippen molar-refractivity contribution in [3.63, 3.8) is 0 Å². The van der Waals surface area contributed by atoms with E-state index in [1.807, 2.05) is 0 Å². The second kappa shape index (κ2) is 5.51. The number of hydrogen-bond acceptors (Lipinski definition) is 4. The van der Waals surface area contributed by atoms with Crippen LogP contribution in [-0.2, 0) is 0 Å². The van der Waals surface area contributed by atoms with E-state index in [2.05, 4.69) is 12.0 Å². The van der Waals surface area contributed by atoms with Crippen LogP contribution in [0.1, 0.15) is 23.2 Å². The molecule has 0 saturated heterocycles. The maximum absolute atomic E-state index is 11.6. The van der Waals surface area contributed by atoms with Crippen LogP contribution in [0.4, 0.5) is 5.69 Å². The minimum Gasteiger partial charge on any atom is -0.359 e. The summed E-state index contributed by atoms with van der Waals surface area (Å²) in [6, 6.07) is 7.83. The van der Waals surface area contributed by atoms with Crippen LogP contribution < -0.4 is 5.73 Å². The summed E-state index contributed by atoms with van der Waals surface area (Å²) >= 11 is 0. The minimum atomic E-state index is -0.531. The average molecular weight is 218 g/mol. The van der Waals surface area contributed by atoms with Gasteiger partial charge in [0.2, 0.25) is 0 Å². The molecule has 0 bridgehead atoms. The molecule has 0 aliphatic rings. The number of Topliss-reactive ketones (excluding diaryl/α,β-unsaturated/α-hetero) is 1. The molecule has 2 N–H and O–H groups in total. The van der Waals surface area contributed by atoms with Gasteiger partial charge in [-0.1, -0.05) is 18.1 Å². The Bertz CT molecular complexity index is 472. The Labute approximate surface area is 92.4 Å². The molecule has 0 aliphatic carbocycles. The topological polar surface area (TPSA) is 86.2 Å². The number of hydrogen-bond donors (Lipinski definition) is 1. The maximum atomic E-state index is 11.6. The van der Waals surface area contributed by atoms with Crippen molar-refractivity contribution in [2.24, 2.45) is 5.73 Å². The van der Waals surface area contributed by atoms with Gasteiger partial charge in [-0.15, -0.1) is 0 Å². The normalized spacial score (nSPS) is 9.00. The summed E-state index contributed by atoms with van der Waals surface area (Å²) in [6.45, 7) is 0. The summed E-state index contributed by atoms with van der Waals surface area (Å²) in [5.74, 6) is 2.38. The summed E-state index contributed by atoms with van der Waals surface area (Å²) in [4.78, 5) is 21.5. The fraction of sp³-hybridized carbons (Fsp3) is 0.182. The van der Waals surface area contributed by atoms with E-state index in [-0.39, 0.29) is 17.9 Å². The van der Waals surface area contributed by atoms with Crippen molar-refractivity contribution in [1.82, 2.24) is 0 Å². The van der Waals surface area contributed by atoms with Crippen LogP contribution in [0.5, 0.6) is 0 Å². The van der Waals surface area contributed by atoms with Crippen LogP contribution in [0.25, 0.3) is 0 Å². The number of rotatable bonds is 4. The van der Waals surface area contributed by atoms with Gasteiger partial charge >= 0.3 is 0 Å². The molecule has 1 aromatic rings. The molecule has 0 aliphatic heterocycles. The Morgan fingerprint density at radius 3 is 2.88 bits per heavy atom. The molecule has 1 aromatic carbocycles. The summed E-state index contributed by atoms with van der Waals surface area (Å²) in [5.41, 5.74) is 5.20. The number of nitro groups is 1. The summed E-state index contributed by atoms with van der Waals surface area (Å²) in [6.07, 6.45) is 0.573. The van der Waals surface area contributed by atoms with Gasteiger partial charge < -0.3 is 5.73 Å². The molecule has 0 spiro atoms. The first kappa shape index (κ1) is 11.7. The van der Waals surface area contributed by atoms with E-state index in [0.717, 1.165) is 0 Å². The van der Waals surface area contributed by atoms with Crippen molar-refractivity contribution in [2.45, 2.75) is 12.8 Å². The highest BCUT2D eigenvalue weighted by Gasteiger charge is 2.10. The third-order valence-corrected chi connectivity index (χ3v) is 1.96. The largest absolute Gasteiger partial charge is 0.359 e. The molecule has 0 unspecified atom stereocenters. The molecule has 5 nitrogen and oxygen atoms in total. The van der Waals surface area contributed by atoms with Crippen LogP contribution in [0.2, 0.25) is 0 Å². The SMILES string of the molecule is NC#CCCC(=O)c1cccc([N+](=O)[O-])c1. The van der Waals surface area contributed by atoms with Gasteiger partial charge in [-0.3, -0.25) is 14.9 Å². The van der Waals surface area contributed by atoms with Gasteiger partial charge in [0.15, 0.2) is 5.78 Å². The number of carbonyl (C=O) groups excluding carboxylic acids is 1. The number of benzene rings is 1. The lowest BCUT2D eigenvalue weighted by atomic mass is 10.1. The smallest absolute Gasteiger partial charge is 0.270 e. The lowest BCUT2D eigenvalue weighted by molar-refractivity contribution is -0.384. The van der Waals surface area contributed by atoms with E-state index in [1.54, 1.807) is 6.07 Å². The fourth-order valence-electron chi connectivity index (χ4n) is 1.19. The molecule has 0 fully saturated rings. The lowest BCUT2D eigenvalue weighted by Gasteiger charge is -1.98. The van der Waals surface area contributed by atoms with Crippen molar-refractivity contribution >= 4 is 11.5 Å². The van der Waals surface area contributed by atoms with Crippen molar-refractivity contribution in [1.29, 1.82) is 0 Å². The van der Waals surface area contributed by atoms with Gasteiger partial charge in [-0.05, 0) is 0 Å². The van der Waals surface area contributed by atoms with Crippen LogP contribution >= 0.6 is 0 Å². The van der Waals surface area contributed by atoms with Crippen LogP contribution in [0, 0.1) is 22.1 Å². The van der Waals surface area contributed by atoms with Crippen molar-refractivity contribution < 1.29 is 9.72 Å². The number of ketones is 1. The van der Waals surface area contributed by atoms with Gasteiger partial charge in [0.1, 0.15) is 0 Å². The highest BCUT2D eigenvalue weighted by Crippen LogP contribution is 2.14. The molecule has 0 amide bonds. The second-order valence-corrected chi connectivity index (χ2v) is 3.05. The van der Waals surface area contributed by atoms with Crippen molar-refractivity contribution in [3.05, 3.63) is 39.9 Å². The number of non-ortho nitro benzene ring substituents is 1. The van der Waals surface area contributed by atoms with E-state index >= 15 is 0 Å². The number of carbonyl (C=O) groups is 1. The Hall–Kier alpha value is -2.35. The summed E-state index contributed by atoms with van der Waals surface area (Å²) < 4.78 is 0. The maximum Gasteiger partial charge on any atom is 0.270 e. The minimum absolute atomic E-state index is 0.0873. The zero-order valence-corrected chi connectivity index (χ0v) is 8.47. The molecule has 0 saturated carbocycles. The number of nitrogens with two attached hydrogens (primary N) is 1. The third-order valence-electron chi connectivity index (χ3n) is 1.96. The number of nitro benzene ring substituents is 1. The van der Waals surface area contributed by atoms with Gasteiger partial charge in [-0.25, -0.2) is 0 Å². The van der Waals surface area contributed by atoms with Crippen molar-refractivity contribution in [3.8, 4) is 12.0 Å². The zero-order valence-electron chi connectivity index (χ0n) is 8.47. The predicted molar refractivity (Wildman–Crippen MR) is 58.6 cm³/mol. The van der Waals surface area contributed by atoms with E-state index in [1.165, 1.54) is 18.2 Å². The fourth-order valence-corrected chi connectivity index (χ4v) is 1.19. The van der Waals surface area contributed by atoms with Gasteiger partial charge in [-0.2, -0.15) is 0 Å². The van der Waals surface area contributed by atoms with Gasteiger partial charge in [0.05, 0.1) is 4.92 Å². The third kappa shape index (κ3) is 3.10. The zero-order chi connectivity index (χ0) is 12.0. The van der Waals surface area contributed by atoms with Crippen molar-refractivity contribution in [2.75, 3.05) is 0 Å². The number of nitrogens with zero attached hydrogens (tertiary/aromatic N) is 1. The average Bonchev–Trinajstić information content (AvgIpc) is 2.29. The van der Waals surface area contributed by atoms with Crippen LogP contribution in [0.15, 0.2) is 24.3 Å². The lowest BCUT2D eigenvalue weighted by Crippen LogP contribution is -1.99. The van der Waals surface area contributed by atoms with Crippen LogP contribution in [-0.4, -0.2) is 10.7 Å². The van der Waals surface area contributed by atoms with Gasteiger partial charge in [0.25, 0.3) is 5.69 Å². The predicted octanol–water partition coefficient (Wildman–Crippen LogP) is 1.48. The second-order valence-electron chi connectivity index (χ2n) is 3.05. The Balaban J connectivity index is 2.78. The summed E-state index contributed by atoms with van der Waals surface area (Å²) in [5, 5.41) is 10.5. The quantitative estimate of drug-likeness (QED) is 0.272. The molecular weight excluding hydrogens is 208 g/mol. The molecule has 82 valence electrons. The highest BCUT2D eigenvalue weighted by molar-refractivity contribution is 5.96. The molecule has 0 aromatic heterocycles. The molecule has 0 radical (unpaired) electrons. The monoisotopic (exact) mass is 218 g/mol.